The van der Waals surface area contributed by atoms with E-state index < -0.39 is 0 Å². The predicted molar refractivity (Wildman–Crippen MR) is 105 cm³/mol. The van der Waals surface area contributed by atoms with Crippen LogP contribution in [0.1, 0.15) is 21.6 Å². The van der Waals surface area contributed by atoms with Gasteiger partial charge < -0.3 is 20.1 Å². The average Bonchev–Trinajstić information content (AvgIpc) is 3.18. The number of anilines is 2. The van der Waals surface area contributed by atoms with Gasteiger partial charge in [-0.05, 0) is 54.4 Å². The number of amides is 1. The van der Waals surface area contributed by atoms with E-state index in [2.05, 4.69) is 20.8 Å². The van der Waals surface area contributed by atoms with Crippen molar-refractivity contribution < 1.29 is 14.3 Å². The van der Waals surface area contributed by atoms with Crippen molar-refractivity contribution in [1.29, 1.82) is 0 Å². The van der Waals surface area contributed by atoms with Crippen LogP contribution in [-0.2, 0) is 6.54 Å². The van der Waals surface area contributed by atoms with E-state index in [4.69, 9.17) is 21.1 Å². The van der Waals surface area contributed by atoms with E-state index in [1.807, 2.05) is 43.3 Å². The van der Waals surface area contributed by atoms with E-state index in [1.165, 1.54) is 0 Å². The number of hydrogen-bond acceptors (Lipinski definition) is 6. The molecule has 1 aromatic heterocycles. The Morgan fingerprint density at radius 3 is 2.79 bits per heavy atom. The van der Waals surface area contributed by atoms with Gasteiger partial charge in [0.1, 0.15) is 0 Å². The van der Waals surface area contributed by atoms with Crippen LogP contribution in [0, 0.1) is 6.92 Å². The summed E-state index contributed by atoms with van der Waals surface area (Å²) in [6.07, 6.45) is 0. The van der Waals surface area contributed by atoms with Gasteiger partial charge in [0.15, 0.2) is 23.0 Å². The van der Waals surface area contributed by atoms with Crippen molar-refractivity contribution >= 4 is 29.0 Å². The summed E-state index contributed by atoms with van der Waals surface area (Å²) in [6, 6.07) is 14.4. The fourth-order valence-electron chi connectivity index (χ4n) is 2.72. The third-order valence-corrected chi connectivity index (χ3v) is 4.73. The molecule has 2 N–H and O–H groups in total. The van der Waals surface area contributed by atoms with Crippen LogP contribution in [0.15, 0.2) is 48.5 Å². The van der Waals surface area contributed by atoms with Gasteiger partial charge in [-0.1, -0.05) is 23.7 Å². The Kier molecular flexibility index (Phi) is 4.99. The Bertz CT molecular complexity index is 1020. The molecule has 0 atom stereocenters. The first-order chi connectivity index (χ1) is 13.6. The molecule has 1 amide bonds. The van der Waals surface area contributed by atoms with E-state index in [1.54, 1.807) is 12.1 Å². The third kappa shape index (κ3) is 3.84. The van der Waals surface area contributed by atoms with Gasteiger partial charge in [-0.3, -0.25) is 4.79 Å². The van der Waals surface area contributed by atoms with Crippen molar-refractivity contribution in [2.75, 3.05) is 12.1 Å². The molecule has 0 spiro atoms. The maximum atomic E-state index is 12.3. The van der Waals surface area contributed by atoms with Crippen molar-refractivity contribution in [2.24, 2.45) is 0 Å². The lowest BCUT2D eigenvalue weighted by atomic mass is 10.2. The normalized spacial score (nSPS) is 11.9. The largest absolute Gasteiger partial charge is 0.454 e. The topological polar surface area (TPSA) is 85.4 Å². The molecule has 8 heteroatoms. The van der Waals surface area contributed by atoms with Gasteiger partial charge in [0, 0.05) is 17.3 Å². The summed E-state index contributed by atoms with van der Waals surface area (Å²) in [5, 5.41) is 14.7. The molecular formula is C20H17ClN4O3. The second-order valence-electron chi connectivity index (χ2n) is 6.21. The number of aromatic nitrogens is 2. The van der Waals surface area contributed by atoms with Crippen LogP contribution >= 0.6 is 11.6 Å². The highest BCUT2D eigenvalue weighted by Gasteiger charge is 2.14. The number of nitrogens with zero attached hydrogens (tertiary/aromatic N) is 2. The van der Waals surface area contributed by atoms with Crippen molar-refractivity contribution in [3.05, 3.63) is 70.4 Å². The van der Waals surface area contributed by atoms with Gasteiger partial charge in [-0.25, -0.2) is 0 Å². The molecule has 0 saturated heterocycles. The lowest BCUT2D eigenvalue weighted by Crippen LogP contribution is -2.24. The van der Waals surface area contributed by atoms with Crippen LogP contribution in [0.25, 0.3) is 0 Å². The second-order valence-corrected chi connectivity index (χ2v) is 6.62. The minimum Gasteiger partial charge on any atom is -0.454 e. The quantitative estimate of drug-likeness (QED) is 0.681. The second kappa shape index (κ2) is 7.74. The molecule has 2 aromatic carbocycles. The van der Waals surface area contributed by atoms with Gasteiger partial charge in [0.05, 0.1) is 0 Å². The molecule has 1 aliphatic rings. The molecule has 3 aromatic rings. The summed E-state index contributed by atoms with van der Waals surface area (Å²) >= 11 is 6.12. The zero-order chi connectivity index (χ0) is 19.5. The highest BCUT2D eigenvalue weighted by Crippen LogP contribution is 2.32. The van der Waals surface area contributed by atoms with Crippen LogP contribution < -0.4 is 20.1 Å². The van der Waals surface area contributed by atoms with E-state index in [9.17, 15) is 4.79 Å². The minimum absolute atomic E-state index is 0.218. The van der Waals surface area contributed by atoms with Gasteiger partial charge in [0.25, 0.3) is 5.91 Å². The van der Waals surface area contributed by atoms with Crippen LogP contribution in [0.5, 0.6) is 11.5 Å². The number of benzene rings is 2. The summed E-state index contributed by atoms with van der Waals surface area (Å²) < 4.78 is 10.6. The average molecular weight is 397 g/mol. The Morgan fingerprint density at radius 2 is 1.96 bits per heavy atom. The fourth-order valence-corrected chi connectivity index (χ4v) is 2.90. The Balaban J connectivity index is 1.38. The van der Waals surface area contributed by atoms with E-state index >= 15 is 0 Å². The van der Waals surface area contributed by atoms with Crippen molar-refractivity contribution in [3.8, 4) is 11.5 Å². The lowest BCUT2D eigenvalue weighted by molar-refractivity contribution is 0.0945. The molecule has 4 rings (SSSR count). The number of hydrogen-bond donors (Lipinski definition) is 2. The Morgan fingerprint density at radius 1 is 1.11 bits per heavy atom. The summed E-state index contributed by atoms with van der Waals surface area (Å²) in [4.78, 5) is 12.3. The molecule has 7 nitrogen and oxygen atoms in total. The SMILES string of the molecule is Cc1c(Cl)cccc1Nc1ccc(C(=O)NCc2ccc3c(c2)OCO3)nn1. The van der Waals surface area contributed by atoms with Gasteiger partial charge in [-0.15, -0.1) is 10.2 Å². The molecule has 0 bridgehead atoms. The first kappa shape index (κ1) is 18.1. The zero-order valence-electron chi connectivity index (χ0n) is 15.0. The number of carbonyl (C=O) groups is 1. The number of nitrogens with one attached hydrogen (secondary N) is 2. The Labute approximate surface area is 166 Å². The standard InChI is InChI=1S/C20H17ClN4O3/c1-12-14(21)3-2-4-15(12)23-19-8-6-16(24-25-19)20(26)22-10-13-5-7-17-18(9-13)28-11-27-17/h2-9H,10-11H2,1H3,(H,22,26)(H,23,25). The van der Waals surface area contributed by atoms with Crippen molar-refractivity contribution in [1.82, 2.24) is 15.5 Å². The molecule has 0 aliphatic carbocycles. The summed E-state index contributed by atoms with van der Waals surface area (Å²) in [5.74, 6) is 1.60. The number of halogens is 1. The molecule has 0 saturated carbocycles. The maximum absolute atomic E-state index is 12.3. The highest BCUT2D eigenvalue weighted by atomic mass is 35.5. The van der Waals surface area contributed by atoms with Crippen LogP contribution in [-0.4, -0.2) is 22.9 Å². The van der Waals surface area contributed by atoms with Crippen molar-refractivity contribution in [2.45, 2.75) is 13.5 Å². The van der Waals surface area contributed by atoms with E-state index in [-0.39, 0.29) is 18.4 Å². The van der Waals surface area contributed by atoms with E-state index in [0.29, 0.717) is 28.9 Å². The predicted octanol–water partition coefficient (Wildman–Crippen LogP) is 3.84. The van der Waals surface area contributed by atoms with E-state index in [0.717, 1.165) is 16.8 Å². The molecule has 0 radical (unpaired) electrons. The van der Waals surface area contributed by atoms with Gasteiger partial charge >= 0.3 is 0 Å². The van der Waals surface area contributed by atoms with Crippen molar-refractivity contribution in [3.63, 3.8) is 0 Å². The van der Waals surface area contributed by atoms with Gasteiger partial charge in [0.2, 0.25) is 6.79 Å². The Hall–Kier alpha value is -3.32. The number of carbonyl (C=O) groups excluding carboxylic acids is 1. The molecule has 1 aliphatic heterocycles. The number of fused-ring (bicyclic) bond motifs is 1. The smallest absolute Gasteiger partial charge is 0.272 e. The molecule has 0 fully saturated rings. The maximum Gasteiger partial charge on any atom is 0.272 e. The van der Waals surface area contributed by atoms with Crippen LogP contribution in [0.3, 0.4) is 0 Å². The van der Waals surface area contributed by atoms with Crippen LogP contribution in [0.2, 0.25) is 5.02 Å². The summed E-state index contributed by atoms with van der Waals surface area (Å²) in [5.41, 5.74) is 2.88. The summed E-state index contributed by atoms with van der Waals surface area (Å²) in [6.45, 7) is 2.48. The monoisotopic (exact) mass is 396 g/mol. The zero-order valence-corrected chi connectivity index (χ0v) is 15.8. The van der Waals surface area contributed by atoms with Crippen LogP contribution in [0.4, 0.5) is 11.5 Å². The number of rotatable bonds is 5. The lowest BCUT2D eigenvalue weighted by Gasteiger charge is -2.10. The first-order valence-corrected chi connectivity index (χ1v) is 9.00. The third-order valence-electron chi connectivity index (χ3n) is 4.32. The molecule has 142 valence electrons. The number of ether oxygens (including phenoxy) is 2. The highest BCUT2D eigenvalue weighted by molar-refractivity contribution is 6.31. The fraction of sp³-hybridized carbons (Fsp3) is 0.150. The molecule has 0 unspecified atom stereocenters. The molecule has 2 heterocycles. The first-order valence-electron chi connectivity index (χ1n) is 8.63. The minimum atomic E-state index is -0.310. The molecule has 28 heavy (non-hydrogen) atoms. The van der Waals surface area contributed by atoms with Gasteiger partial charge in [-0.2, -0.15) is 0 Å². The molecular weight excluding hydrogens is 380 g/mol. The summed E-state index contributed by atoms with van der Waals surface area (Å²) in [7, 11) is 0.